The quantitative estimate of drug-likeness (QED) is 0.0852. The largest absolute Gasteiger partial charge is 0.504 e. The minimum absolute atomic E-state index is 0.000190. The average Bonchev–Trinajstić information content (AvgIpc) is 2.94. The Morgan fingerprint density at radius 1 is 0.385 bits per heavy atom. The molecule has 0 atom stereocenters. The van der Waals surface area contributed by atoms with Crippen LogP contribution in [-0.4, -0.2) is 16.8 Å². The van der Waals surface area contributed by atoms with Gasteiger partial charge in [-0.3, -0.25) is 0 Å². The van der Waals surface area contributed by atoms with Crippen molar-refractivity contribution in [1.29, 1.82) is 0 Å². The Hall–Kier alpha value is -1.38. The Balaban J connectivity index is 3.11. The van der Waals surface area contributed by atoms with Gasteiger partial charge in [0.15, 0.2) is 11.5 Å². The van der Waals surface area contributed by atoms with Crippen LogP contribution < -0.4 is 4.74 Å². The number of hydrogen-bond donors (Lipinski definition) is 2. The van der Waals surface area contributed by atoms with Crippen molar-refractivity contribution in [2.24, 2.45) is 0 Å². The molecule has 0 amide bonds. The van der Waals surface area contributed by atoms with Gasteiger partial charge in [-0.1, -0.05) is 143 Å². The predicted octanol–water partition coefficient (Wildman–Crippen LogP) is 11.8. The Morgan fingerprint density at radius 2 is 0.744 bits per heavy atom. The van der Waals surface area contributed by atoms with Gasteiger partial charge >= 0.3 is 0 Å². The van der Waals surface area contributed by atoms with Gasteiger partial charge in [0.1, 0.15) is 0 Å². The van der Waals surface area contributed by atoms with Crippen molar-refractivity contribution in [2.45, 2.75) is 188 Å². The molecule has 1 aromatic rings. The Kier molecular flexibility index (Phi) is 22.3. The SMILES string of the molecule is CCCCCCCCCOc1c(O)c(O)c(CCCCCCC)c(CCCCCCC)c1CCCCCCC. The molecule has 1 aromatic carbocycles. The highest BCUT2D eigenvalue weighted by Crippen LogP contribution is 2.46. The third-order valence-electron chi connectivity index (χ3n) is 8.31. The van der Waals surface area contributed by atoms with E-state index in [-0.39, 0.29) is 11.5 Å². The maximum Gasteiger partial charge on any atom is 0.201 e. The van der Waals surface area contributed by atoms with Crippen LogP contribution in [0.2, 0.25) is 0 Å². The number of ether oxygens (including phenoxy) is 1. The minimum Gasteiger partial charge on any atom is -0.504 e. The number of hydrogen-bond acceptors (Lipinski definition) is 3. The second-order valence-electron chi connectivity index (χ2n) is 11.9. The van der Waals surface area contributed by atoms with Gasteiger partial charge in [0.2, 0.25) is 5.75 Å². The Bertz CT molecular complexity index is 712. The highest BCUT2D eigenvalue weighted by molar-refractivity contribution is 5.62. The first kappa shape index (κ1) is 35.6. The first-order chi connectivity index (χ1) is 19.1. The van der Waals surface area contributed by atoms with E-state index in [1.807, 2.05) is 0 Å². The lowest BCUT2D eigenvalue weighted by atomic mass is 9.88. The fraction of sp³-hybridized carbons (Fsp3) is 0.833. The minimum atomic E-state index is -0.000190. The molecule has 0 fully saturated rings. The number of phenols is 2. The van der Waals surface area contributed by atoms with E-state index in [0.717, 1.165) is 50.5 Å². The van der Waals surface area contributed by atoms with Gasteiger partial charge in [-0.15, -0.1) is 0 Å². The van der Waals surface area contributed by atoms with Crippen LogP contribution in [0.15, 0.2) is 0 Å². The summed E-state index contributed by atoms with van der Waals surface area (Å²) in [4.78, 5) is 0. The Morgan fingerprint density at radius 3 is 1.21 bits per heavy atom. The summed E-state index contributed by atoms with van der Waals surface area (Å²) in [6, 6.07) is 0. The summed E-state index contributed by atoms with van der Waals surface area (Å²) in [5.41, 5.74) is 3.50. The van der Waals surface area contributed by atoms with Gasteiger partial charge in [-0.25, -0.2) is 0 Å². The molecule has 0 spiro atoms. The number of rotatable bonds is 27. The van der Waals surface area contributed by atoms with Crippen molar-refractivity contribution in [3.8, 4) is 17.2 Å². The lowest BCUT2D eigenvalue weighted by Gasteiger charge is -2.23. The molecule has 0 aliphatic carbocycles. The number of benzene rings is 1. The van der Waals surface area contributed by atoms with Crippen LogP contribution in [0.3, 0.4) is 0 Å². The van der Waals surface area contributed by atoms with Crippen molar-refractivity contribution in [1.82, 2.24) is 0 Å². The molecule has 2 N–H and O–H groups in total. The number of aromatic hydroxyl groups is 2. The van der Waals surface area contributed by atoms with Crippen LogP contribution in [0.4, 0.5) is 0 Å². The summed E-state index contributed by atoms with van der Waals surface area (Å²) in [5.74, 6) is 0.686. The maximum absolute atomic E-state index is 11.3. The molecule has 0 radical (unpaired) electrons. The fourth-order valence-corrected chi connectivity index (χ4v) is 5.80. The molecule has 0 unspecified atom stereocenters. The maximum atomic E-state index is 11.3. The van der Waals surface area contributed by atoms with Crippen molar-refractivity contribution in [2.75, 3.05) is 6.61 Å². The summed E-state index contributed by atoms with van der Waals surface area (Å²) in [6.45, 7) is 9.65. The molecule has 3 nitrogen and oxygen atoms in total. The van der Waals surface area contributed by atoms with E-state index in [2.05, 4.69) is 27.7 Å². The normalized spacial score (nSPS) is 11.4. The second-order valence-corrected chi connectivity index (χ2v) is 11.9. The zero-order chi connectivity index (χ0) is 28.6. The molecular weight excluding hydrogens is 480 g/mol. The molecule has 0 aromatic heterocycles. The van der Waals surface area contributed by atoms with Gasteiger partial charge in [0, 0.05) is 11.1 Å². The lowest BCUT2D eigenvalue weighted by Crippen LogP contribution is -2.08. The second kappa shape index (κ2) is 24.4. The first-order valence-electron chi connectivity index (χ1n) is 17.3. The van der Waals surface area contributed by atoms with E-state index in [0.29, 0.717) is 12.4 Å². The van der Waals surface area contributed by atoms with Crippen LogP contribution in [0.5, 0.6) is 17.2 Å². The zero-order valence-electron chi connectivity index (χ0n) is 26.7. The monoisotopic (exact) mass is 547 g/mol. The van der Waals surface area contributed by atoms with E-state index >= 15 is 0 Å². The van der Waals surface area contributed by atoms with Gasteiger partial charge in [0.25, 0.3) is 0 Å². The molecule has 0 aliphatic rings. The third kappa shape index (κ3) is 15.3. The van der Waals surface area contributed by atoms with Crippen LogP contribution in [0, 0.1) is 0 Å². The smallest absolute Gasteiger partial charge is 0.201 e. The van der Waals surface area contributed by atoms with Crippen LogP contribution in [0.25, 0.3) is 0 Å². The molecule has 0 heterocycles. The van der Waals surface area contributed by atoms with Crippen molar-refractivity contribution in [3.05, 3.63) is 16.7 Å². The van der Waals surface area contributed by atoms with E-state index in [4.69, 9.17) is 4.74 Å². The van der Waals surface area contributed by atoms with Crippen molar-refractivity contribution < 1.29 is 14.9 Å². The van der Waals surface area contributed by atoms with E-state index < -0.39 is 0 Å². The molecule has 0 saturated heterocycles. The van der Waals surface area contributed by atoms with Crippen molar-refractivity contribution >= 4 is 0 Å². The number of phenolic OH excluding ortho intramolecular Hbond substituents is 2. The van der Waals surface area contributed by atoms with E-state index in [9.17, 15) is 10.2 Å². The van der Waals surface area contributed by atoms with Gasteiger partial charge in [0.05, 0.1) is 6.61 Å². The zero-order valence-corrected chi connectivity index (χ0v) is 26.7. The average molecular weight is 547 g/mol. The fourth-order valence-electron chi connectivity index (χ4n) is 5.80. The highest BCUT2D eigenvalue weighted by Gasteiger charge is 2.24. The van der Waals surface area contributed by atoms with Crippen molar-refractivity contribution in [3.63, 3.8) is 0 Å². The molecule has 0 saturated carbocycles. The van der Waals surface area contributed by atoms with Gasteiger partial charge in [-0.05, 0) is 50.5 Å². The summed E-state index contributed by atoms with van der Waals surface area (Å²) in [5, 5.41) is 22.5. The van der Waals surface area contributed by atoms with Gasteiger partial charge < -0.3 is 14.9 Å². The third-order valence-corrected chi connectivity index (χ3v) is 8.31. The first-order valence-corrected chi connectivity index (χ1v) is 17.3. The van der Waals surface area contributed by atoms with E-state index in [1.54, 1.807) is 0 Å². The van der Waals surface area contributed by atoms with Crippen LogP contribution in [-0.2, 0) is 19.3 Å². The standard InChI is InChI=1S/C36H66O3/c1-5-9-13-17-18-22-26-30-39-36-33(29-25-21-16-12-8-4)31(27-23-19-14-10-6-2)32(34(37)35(36)38)28-24-20-15-11-7-3/h37-38H,5-30H2,1-4H3. The molecule has 0 bridgehead atoms. The van der Waals surface area contributed by atoms with E-state index in [1.165, 1.54) is 127 Å². The molecule has 3 heteroatoms. The highest BCUT2D eigenvalue weighted by atomic mass is 16.5. The summed E-state index contributed by atoms with van der Waals surface area (Å²) in [6.07, 6.45) is 29.8. The molecular formula is C36H66O3. The van der Waals surface area contributed by atoms with Gasteiger partial charge in [-0.2, -0.15) is 0 Å². The molecule has 0 aliphatic heterocycles. The number of unbranched alkanes of at least 4 members (excludes halogenated alkanes) is 18. The molecule has 228 valence electrons. The Labute approximate surface area is 243 Å². The van der Waals surface area contributed by atoms with Crippen LogP contribution >= 0.6 is 0 Å². The molecule has 1 rings (SSSR count). The van der Waals surface area contributed by atoms with Crippen LogP contribution in [0.1, 0.15) is 186 Å². The summed E-state index contributed by atoms with van der Waals surface area (Å²) < 4.78 is 6.34. The predicted molar refractivity (Wildman–Crippen MR) is 171 cm³/mol. The summed E-state index contributed by atoms with van der Waals surface area (Å²) in [7, 11) is 0. The lowest BCUT2D eigenvalue weighted by molar-refractivity contribution is 0.278. The topological polar surface area (TPSA) is 49.7 Å². The summed E-state index contributed by atoms with van der Waals surface area (Å²) >= 11 is 0. The molecule has 39 heavy (non-hydrogen) atoms.